The van der Waals surface area contributed by atoms with Crippen LogP contribution in [0.1, 0.15) is 16.8 Å². The second-order valence-corrected chi connectivity index (χ2v) is 4.82. The molecule has 0 aliphatic carbocycles. The van der Waals surface area contributed by atoms with E-state index in [0.29, 0.717) is 13.0 Å². The van der Waals surface area contributed by atoms with Gasteiger partial charge in [-0.05, 0) is 24.6 Å². The number of nitrogens with one attached hydrogen (secondary N) is 1. The summed E-state index contributed by atoms with van der Waals surface area (Å²) in [4.78, 5) is 25.4. The van der Waals surface area contributed by atoms with Crippen LogP contribution in [0.5, 0.6) is 11.5 Å². The van der Waals surface area contributed by atoms with Gasteiger partial charge < -0.3 is 19.7 Å². The Morgan fingerprint density at radius 2 is 2.14 bits per heavy atom. The molecule has 0 aromatic heterocycles. The highest BCUT2D eigenvalue weighted by Gasteiger charge is 2.30. The van der Waals surface area contributed by atoms with E-state index in [2.05, 4.69) is 10.1 Å². The molecule has 1 aromatic carbocycles. The first-order valence-corrected chi connectivity index (χ1v) is 6.61. The molecule has 0 spiro atoms. The van der Waals surface area contributed by atoms with Crippen molar-refractivity contribution in [2.45, 2.75) is 19.1 Å². The molecule has 1 aromatic rings. The quantitative estimate of drug-likeness (QED) is 0.888. The Morgan fingerprint density at radius 1 is 1.41 bits per heavy atom. The number of rotatable bonds is 5. The standard InChI is InChI=1S/C14H16F2N2O4/c1-18-6-5-9(13(18)20)17-12(19)8-3-4-10(21-2)11(7-8)22-14(15)16/h3-4,7,9,14H,5-6H2,1-2H3,(H,17,19)/t9-/m1/s1. The predicted molar refractivity (Wildman–Crippen MR) is 73.1 cm³/mol. The predicted octanol–water partition coefficient (Wildman–Crippen LogP) is 1.26. The van der Waals surface area contributed by atoms with E-state index in [-0.39, 0.29) is 23.0 Å². The molecule has 0 radical (unpaired) electrons. The molecule has 1 N–H and O–H groups in total. The largest absolute Gasteiger partial charge is 0.493 e. The molecule has 1 atom stereocenters. The highest BCUT2D eigenvalue weighted by Crippen LogP contribution is 2.29. The highest BCUT2D eigenvalue weighted by molar-refractivity contribution is 5.98. The monoisotopic (exact) mass is 314 g/mol. The molecular formula is C14H16F2N2O4. The van der Waals surface area contributed by atoms with Crippen molar-refractivity contribution in [2.24, 2.45) is 0 Å². The third-order valence-electron chi connectivity index (χ3n) is 3.37. The van der Waals surface area contributed by atoms with Gasteiger partial charge in [0, 0.05) is 19.2 Å². The zero-order chi connectivity index (χ0) is 16.3. The first-order chi connectivity index (χ1) is 10.4. The van der Waals surface area contributed by atoms with Crippen LogP contribution in [0.4, 0.5) is 8.78 Å². The minimum Gasteiger partial charge on any atom is -0.493 e. The summed E-state index contributed by atoms with van der Waals surface area (Å²) in [5, 5.41) is 2.58. The maximum absolute atomic E-state index is 12.4. The van der Waals surface area contributed by atoms with Crippen LogP contribution in [0, 0.1) is 0 Å². The number of benzene rings is 1. The van der Waals surface area contributed by atoms with Crippen molar-refractivity contribution < 1.29 is 27.8 Å². The van der Waals surface area contributed by atoms with Crippen molar-refractivity contribution >= 4 is 11.8 Å². The third-order valence-corrected chi connectivity index (χ3v) is 3.37. The number of methoxy groups -OCH3 is 1. The molecular weight excluding hydrogens is 298 g/mol. The maximum Gasteiger partial charge on any atom is 0.387 e. The summed E-state index contributed by atoms with van der Waals surface area (Å²) in [5.41, 5.74) is 0.110. The van der Waals surface area contributed by atoms with Gasteiger partial charge >= 0.3 is 6.61 Å². The molecule has 1 aliphatic heterocycles. The van der Waals surface area contributed by atoms with Gasteiger partial charge in [0.2, 0.25) is 5.91 Å². The van der Waals surface area contributed by atoms with Gasteiger partial charge in [0.05, 0.1) is 7.11 Å². The van der Waals surface area contributed by atoms with Crippen molar-refractivity contribution in [1.82, 2.24) is 10.2 Å². The Balaban J connectivity index is 2.14. The van der Waals surface area contributed by atoms with E-state index in [9.17, 15) is 18.4 Å². The van der Waals surface area contributed by atoms with Crippen LogP contribution in [0.2, 0.25) is 0 Å². The van der Waals surface area contributed by atoms with Gasteiger partial charge in [0.1, 0.15) is 6.04 Å². The number of likely N-dealkylation sites (tertiary alicyclic amines) is 1. The lowest BCUT2D eigenvalue weighted by Crippen LogP contribution is -2.40. The molecule has 2 rings (SSSR count). The second-order valence-electron chi connectivity index (χ2n) is 4.82. The summed E-state index contributed by atoms with van der Waals surface area (Å²) in [6, 6.07) is 3.33. The van der Waals surface area contributed by atoms with Gasteiger partial charge in [-0.1, -0.05) is 0 Å². The lowest BCUT2D eigenvalue weighted by atomic mass is 10.1. The van der Waals surface area contributed by atoms with Crippen LogP contribution in [-0.4, -0.2) is 50.1 Å². The third kappa shape index (κ3) is 3.44. The first-order valence-electron chi connectivity index (χ1n) is 6.61. The number of alkyl halides is 2. The Hall–Kier alpha value is -2.38. The Kier molecular flexibility index (Phi) is 4.79. The number of amides is 2. The minimum atomic E-state index is -3.03. The molecule has 6 nitrogen and oxygen atoms in total. The summed E-state index contributed by atoms with van der Waals surface area (Å²) in [5.74, 6) is -0.852. The van der Waals surface area contributed by atoms with Crippen LogP contribution < -0.4 is 14.8 Å². The van der Waals surface area contributed by atoms with E-state index in [1.54, 1.807) is 7.05 Å². The molecule has 0 bridgehead atoms. The molecule has 1 heterocycles. The van der Waals surface area contributed by atoms with Crippen LogP contribution in [0.15, 0.2) is 18.2 Å². The average Bonchev–Trinajstić information content (AvgIpc) is 2.78. The van der Waals surface area contributed by atoms with Gasteiger partial charge in [-0.25, -0.2) is 0 Å². The van der Waals surface area contributed by atoms with Crippen molar-refractivity contribution in [3.05, 3.63) is 23.8 Å². The molecule has 120 valence electrons. The zero-order valence-corrected chi connectivity index (χ0v) is 12.1. The summed E-state index contributed by atoms with van der Waals surface area (Å²) in [7, 11) is 2.96. The first kappa shape index (κ1) is 16.0. The molecule has 0 unspecified atom stereocenters. The van der Waals surface area contributed by atoms with Gasteiger partial charge in [0.25, 0.3) is 5.91 Å². The fourth-order valence-electron chi connectivity index (χ4n) is 2.20. The number of carbonyl (C=O) groups is 2. The van der Waals surface area contributed by atoms with Crippen LogP contribution in [0.25, 0.3) is 0 Å². The van der Waals surface area contributed by atoms with Crippen LogP contribution in [-0.2, 0) is 4.79 Å². The number of nitrogens with zero attached hydrogens (tertiary/aromatic N) is 1. The van der Waals surface area contributed by atoms with Crippen molar-refractivity contribution in [1.29, 1.82) is 0 Å². The Bertz CT molecular complexity index is 580. The number of likely N-dealkylation sites (N-methyl/N-ethyl adjacent to an activating group) is 1. The molecule has 8 heteroatoms. The van der Waals surface area contributed by atoms with E-state index in [1.807, 2.05) is 0 Å². The normalized spacial score (nSPS) is 17.8. The molecule has 1 saturated heterocycles. The number of carbonyl (C=O) groups excluding carboxylic acids is 2. The van der Waals surface area contributed by atoms with Gasteiger partial charge in [0.15, 0.2) is 11.5 Å². The average molecular weight is 314 g/mol. The highest BCUT2D eigenvalue weighted by atomic mass is 19.3. The molecule has 2 amide bonds. The van der Waals surface area contributed by atoms with E-state index in [4.69, 9.17) is 4.74 Å². The van der Waals surface area contributed by atoms with Gasteiger partial charge in [-0.3, -0.25) is 9.59 Å². The summed E-state index contributed by atoms with van der Waals surface area (Å²) >= 11 is 0. The van der Waals surface area contributed by atoms with Crippen LogP contribution >= 0.6 is 0 Å². The maximum atomic E-state index is 12.4. The second kappa shape index (κ2) is 6.59. The van der Waals surface area contributed by atoms with E-state index in [1.165, 1.54) is 24.1 Å². The summed E-state index contributed by atoms with van der Waals surface area (Å²) in [6.45, 7) is -2.47. The molecule has 1 aliphatic rings. The number of ether oxygens (including phenoxy) is 2. The topological polar surface area (TPSA) is 67.9 Å². The van der Waals surface area contributed by atoms with Crippen LogP contribution in [0.3, 0.4) is 0 Å². The van der Waals surface area contributed by atoms with E-state index in [0.717, 1.165) is 6.07 Å². The lowest BCUT2D eigenvalue weighted by Gasteiger charge is -2.14. The Labute approximate surface area is 126 Å². The lowest BCUT2D eigenvalue weighted by molar-refractivity contribution is -0.128. The van der Waals surface area contributed by atoms with Crippen molar-refractivity contribution in [3.8, 4) is 11.5 Å². The molecule has 1 fully saturated rings. The number of hydrogen-bond acceptors (Lipinski definition) is 4. The molecule has 22 heavy (non-hydrogen) atoms. The van der Waals surface area contributed by atoms with E-state index >= 15 is 0 Å². The molecule has 0 saturated carbocycles. The van der Waals surface area contributed by atoms with Gasteiger partial charge in [-0.15, -0.1) is 0 Å². The summed E-state index contributed by atoms with van der Waals surface area (Å²) < 4.78 is 33.9. The van der Waals surface area contributed by atoms with Crippen molar-refractivity contribution in [3.63, 3.8) is 0 Å². The fourth-order valence-corrected chi connectivity index (χ4v) is 2.20. The van der Waals surface area contributed by atoms with Crippen molar-refractivity contribution in [2.75, 3.05) is 20.7 Å². The number of halogens is 2. The number of hydrogen-bond donors (Lipinski definition) is 1. The fraction of sp³-hybridized carbons (Fsp3) is 0.429. The van der Waals surface area contributed by atoms with E-state index < -0.39 is 18.6 Å². The Morgan fingerprint density at radius 3 is 2.68 bits per heavy atom. The SMILES string of the molecule is COc1ccc(C(=O)N[C@@H]2CCN(C)C2=O)cc1OC(F)F. The smallest absolute Gasteiger partial charge is 0.387 e. The summed E-state index contributed by atoms with van der Waals surface area (Å²) in [6.07, 6.45) is 0.512. The van der Waals surface area contributed by atoms with Gasteiger partial charge in [-0.2, -0.15) is 8.78 Å². The minimum absolute atomic E-state index is 0.0912. The zero-order valence-electron chi connectivity index (χ0n) is 12.1.